The van der Waals surface area contributed by atoms with E-state index in [0.29, 0.717) is 0 Å². The third-order valence-electron chi connectivity index (χ3n) is 1.84. The van der Waals surface area contributed by atoms with Crippen molar-refractivity contribution >= 4 is 15.9 Å². The van der Waals surface area contributed by atoms with Crippen molar-refractivity contribution in [3.63, 3.8) is 0 Å². The van der Waals surface area contributed by atoms with E-state index < -0.39 is 0 Å². The summed E-state index contributed by atoms with van der Waals surface area (Å²) in [4.78, 5) is 0. The lowest BCUT2D eigenvalue weighted by atomic mass is 10.3. The molecular formula is C12H17BrO2. The van der Waals surface area contributed by atoms with E-state index in [4.69, 9.17) is 9.47 Å². The maximum atomic E-state index is 5.58. The van der Waals surface area contributed by atoms with E-state index in [2.05, 4.69) is 29.8 Å². The van der Waals surface area contributed by atoms with Crippen molar-refractivity contribution in [3.05, 3.63) is 22.7 Å². The zero-order valence-corrected chi connectivity index (χ0v) is 10.8. The molecule has 0 saturated carbocycles. The van der Waals surface area contributed by atoms with Gasteiger partial charge in [0.25, 0.3) is 0 Å². The van der Waals surface area contributed by atoms with Gasteiger partial charge in [-0.05, 0) is 40.9 Å². The number of benzene rings is 1. The zero-order valence-electron chi connectivity index (χ0n) is 9.25. The predicted molar refractivity (Wildman–Crippen MR) is 65.7 cm³/mol. The van der Waals surface area contributed by atoms with Crippen LogP contribution in [0.2, 0.25) is 0 Å². The SMILES string of the molecule is CCCOc1ccc(Br)c(OCCC)c1. The lowest BCUT2D eigenvalue weighted by molar-refractivity contribution is 0.300. The molecule has 3 heteroatoms. The predicted octanol–water partition coefficient (Wildman–Crippen LogP) is 4.03. The zero-order chi connectivity index (χ0) is 11.1. The number of hydrogen-bond donors (Lipinski definition) is 0. The first-order valence-corrected chi connectivity index (χ1v) is 6.12. The minimum absolute atomic E-state index is 0.732. The van der Waals surface area contributed by atoms with Crippen molar-refractivity contribution in [2.75, 3.05) is 13.2 Å². The highest BCUT2D eigenvalue weighted by atomic mass is 79.9. The second kappa shape index (κ2) is 6.72. The van der Waals surface area contributed by atoms with Gasteiger partial charge in [0.1, 0.15) is 11.5 Å². The topological polar surface area (TPSA) is 18.5 Å². The van der Waals surface area contributed by atoms with Gasteiger partial charge >= 0.3 is 0 Å². The monoisotopic (exact) mass is 272 g/mol. The molecule has 1 rings (SSSR count). The molecule has 0 bridgehead atoms. The van der Waals surface area contributed by atoms with E-state index in [0.717, 1.165) is 42.0 Å². The smallest absolute Gasteiger partial charge is 0.137 e. The molecule has 0 aliphatic heterocycles. The summed E-state index contributed by atoms with van der Waals surface area (Å²) in [6, 6.07) is 5.82. The minimum Gasteiger partial charge on any atom is -0.493 e. The van der Waals surface area contributed by atoms with Crippen molar-refractivity contribution in [2.24, 2.45) is 0 Å². The van der Waals surface area contributed by atoms with Gasteiger partial charge in [-0.2, -0.15) is 0 Å². The molecule has 1 aromatic rings. The van der Waals surface area contributed by atoms with Crippen molar-refractivity contribution < 1.29 is 9.47 Å². The first-order chi connectivity index (χ1) is 7.27. The Bertz CT molecular complexity index is 300. The van der Waals surface area contributed by atoms with Crippen LogP contribution in [0.25, 0.3) is 0 Å². The molecule has 0 aromatic heterocycles. The molecule has 15 heavy (non-hydrogen) atoms. The molecule has 0 amide bonds. The van der Waals surface area contributed by atoms with Crippen LogP contribution in [-0.4, -0.2) is 13.2 Å². The van der Waals surface area contributed by atoms with Crippen LogP contribution >= 0.6 is 15.9 Å². The van der Waals surface area contributed by atoms with E-state index in [9.17, 15) is 0 Å². The van der Waals surface area contributed by atoms with Crippen LogP contribution in [0.1, 0.15) is 26.7 Å². The van der Waals surface area contributed by atoms with Gasteiger partial charge in [0.2, 0.25) is 0 Å². The summed E-state index contributed by atoms with van der Waals surface area (Å²) in [5.74, 6) is 1.72. The number of rotatable bonds is 6. The second-order valence-corrected chi connectivity index (χ2v) is 4.14. The lowest BCUT2D eigenvalue weighted by Gasteiger charge is -2.10. The Hall–Kier alpha value is -0.700. The molecule has 0 spiro atoms. The standard InChI is InChI=1S/C12H17BrO2/c1-3-7-14-10-5-6-11(13)12(9-10)15-8-4-2/h5-6,9H,3-4,7-8H2,1-2H3. The van der Waals surface area contributed by atoms with Crippen LogP contribution in [0.4, 0.5) is 0 Å². The molecule has 0 radical (unpaired) electrons. The van der Waals surface area contributed by atoms with Gasteiger partial charge in [0.15, 0.2) is 0 Å². The molecule has 0 N–H and O–H groups in total. The molecule has 0 fully saturated rings. The summed E-state index contributed by atoms with van der Waals surface area (Å²) in [5.41, 5.74) is 0. The largest absolute Gasteiger partial charge is 0.493 e. The summed E-state index contributed by atoms with van der Waals surface area (Å²) in [6.45, 7) is 5.66. The summed E-state index contributed by atoms with van der Waals surface area (Å²) in [7, 11) is 0. The van der Waals surface area contributed by atoms with Crippen molar-refractivity contribution in [1.82, 2.24) is 0 Å². The first-order valence-electron chi connectivity index (χ1n) is 5.33. The van der Waals surface area contributed by atoms with Crippen LogP contribution in [-0.2, 0) is 0 Å². The molecule has 0 aliphatic rings. The van der Waals surface area contributed by atoms with Crippen molar-refractivity contribution in [3.8, 4) is 11.5 Å². The number of halogens is 1. The van der Waals surface area contributed by atoms with Gasteiger partial charge in [-0.3, -0.25) is 0 Å². The van der Waals surface area contributed by atoms with Crippen LogP contribution in [0.5, 0.6) is 11.5 Å². The van der Waals surface area contributed by atoms with Gasteiger partial charge in [0, 0.05) is 6.07 Å². The lowest BCUT2D eigenvalue weighted by Crippen LogP contribution is -1.98. The Morgan fingerprint density at radius 3 is 2.40 bits per heavy atom. The van der Waals surface area contributed by atoms with Crippen LogP contribution < -0.4 is 9.47 Å². The maximum Gasteiger partial charge on any atom is 0.137 e. The Kier molecular flexibility index (Phi) is 5.54. The summed E-state index contributed by atoms with van der Waals surface area (Å²) >= 11 is 3.45. The summed E-state index contributed by atoms with van der Waals surface area (Å²) in [5, 5.41) is 0. The third kappa shape index (κ3) is 4.12. The van der Waals surface area contributed by atoms with Gasteiger partial charge in [0.05, 0.1) is 17.7 Å². The Morgan fingerprint density at radius 1 is 1.07 bits per heavy atom. The molecule has 0 aliphatic carbocycles. The quantitative estimate of drug-likeness (QED) is 0.779. The van der Waals surface area contributed by atoms with Gasteiger partial charge < -0.3 is 9.47 Å². The molecule has 0 heterocycles. The van der Waals surface area contributed by atoms with Gasteiger partial charge in [-0.15, -0.1) is 0 Å². The fourth-order valence-electron chi connectivity index (χ4n) is 1.12. The number of ether oxygens (including phenoxy) is 2. The van der Waals surface area contributed by atoms with E-state index in [1.54, 1.807) is 0 Å². The maximum absolute atomic E-state index is 5.58. The highest BCUT2D eigenvalue weighted by molar-refractivity contribution is 9.10. The van der Waals surface area contributed by atoms with E-state index in [1.165, 1.54) is 0 Å². The third-order valence-corrected chi connectivity index (χ3v) is 2.49. The Balaban J connectivity index is 2.66. The number of hydrogen-bond acceptors (Lipinski definition) is 2. The van der Waals surface area contributed by atoms with Gasteiger partial charge in [-0.25, -0.2) is 0 Å². The van der Waals surface area contributed by atoms with Crippen molar-refractivity contribution in [2.45, 2.75) is 26.7 Å². The van der Waals surface area contributed by atoms with Crippen LogP contribution in [0.3, 0.4) is 0 Å². The minimum atomic E-state index is 0.732. The molecule has 0 saturated heterocycles. The highest BCUT2D eigenvalue weighted by Crippen LogP contribution is 2.29. The Labute approximate surface area is 99.7 Å². The summed E-state index contributed by atoms with van der Waals surface area (Å²) in [6.07, 6.45) is 2.02. The van der Waals surface area contributed by atoms with Crippen molar-refractivity contribution in [1.29, 1.82) is 0 Å². The molecule has 1 aromatic carbocycles. The average Bonchev–Trinajstić information content (AvgIpc) is 2.26. The second-order valence-electron chi connectivity index (χ2n) is 3.29. The normalized spacial score (nSPS) is 10.1. The van der Waals surface area contributed by atoms with Crippen LogP contribution in [0.15, 0.2) is 22.7 Å². The molecule has 0 atom stereocenters. The average molecular weight is 273 g/mol. The van der Waals surface area contributed by atoms with Gasteiger partial charge in [-0.1, -0.05) is 13.8 Å². The molecular weight excluding hydrogens is 256 g/mol. The fourth-order valence-corrected chi connectivity index (χ4v) is 1.48. The van der Waals surface area contributed by atoms with E-state index >= 15 is 0 Å². The van der Waals surface area contributed by atoms with E-state index in [-0.39, 0.29) is 0 Å². The van der Waals surface area contributed by atoms with E-state index in [1.807, 2.05) is 18.2 Å². The molecule has 84 valence electrons. The molecule has 2 nitrogen and oxygen atoms in total. The Morgan fingerprint density at radius 2 is 1.73 bits per heavy atom. The first kappa shape index (κ1) is 12.4. The van der Waals surface area contributed by atoms with Crippen LogP contribution in [0, 0.1) is 0 Å². The molecule has 0 unspecified atom stereocenters. The summed E-state index contributed by atoms with van der Waals surface area (Å²) < 4.78 is 12.1. The fraction of sp³-hybridized carbons (Fsp3) is 0.500. The highest BCUT2D eigenvalue weighted by Gasteiger charge is 2.03.